The van der Waals surface area contributed by atoms with Gasteiger partial charge in [0.15, 0.2) is 0 Å². The highest BCUT2D eigenvalue weighted by molar-refractivity contribution is 5.87. The molecule has 2 aromatic rings. The molecule has 0 saturated carbocycles. The number of benzene rings is 2. The lowest BCUT2D eigenvalue weighted by molar-refractivity contribution is -0.127. The van der Waals surface area contributed by atoms with Crippen LogP contribution in [0.25, 0.3) is 10.8 Å². The van der Waals surface area contributed by atoms with Crippen LogP contribution in [0.3, 0.4) is 0 Å². The average molecular weight is 300 g/mol. The summed E-state index contributed by atoms with van der Waals surface area (Å²) in [5.41, 5.74) is 1.00. The van der Waals surface area contributed by atoms with E-state index in [2.05, 4.69) is 10.6 Å². The van der Waals surface area contributed by atoms with Gasteiger partial charge in [0.05, 0.1) is 7.11 Å². The number of ether oxygens (including phenoxy) is 1. The number of fused-ring (bicyclic) bond motifs is 1. The molecule has 2 N–H and O–H groups in total. The Labute approximate surface area is 129 Å². The zero-order valence-corrected chi connectivity index (χ0v) is 13.0. The number of rotatable bonds is 5. The van der Waals surface area contributed by atoms with Crippen LogP contribution < -0.4 is 15.4 Å². The molecule has 0 spiro atoms. The predicted octanol–water partition coefficient (Wildman–Crippen LogP) is 1.99. The van der Waals surface area contributed by atoms with Gasteiger partial charge in [-0.05, 0) is 41.5 Å². The zero-order valence-electron chi connectivity index (χ0n) is 13.0. The molecule has 5 nitrogen and oxygen atoms in total. The van der Waals surface area contributed by atoms with Crippen molar-refractivity contribution in [3.63, 3.8) is 0 Å². The van der Waals surface area contributed by atoms with E-state index in [0.29, 0.717) is 6.54 Å². The first kappa shape index (κ1) is 15.8. The normalized spacial score (nSPS) is 11.8. The van der Waals surface area contributed by atoms with Gasteiger partial charge in [0.25, 0.3) is 0 Å². The minimum Gasteiger partial charge on any atom is -0.497 e. The molecule has 0 radical (unpaired) electrons. The van der Waals surface area contributed by atoms with Crippen LogP contribution in [0.5, 0.6) is 5.75 Å². The molecule has 0 saturated heterocycles. The molecule has 0 aliphatic carbocycles. The molecule has 0 bridgehead atoms. The molecule has 2 amide bonds. The molecular formula is C17H20N2O3. The molecule has 0 unspecified atom stereocenters. The Hall–Kier alpha value is -2.56. The summed E-state index contributed by atoms with van der Waals surface area (Å²) in [4.78, 5) is 22.8. The van der Waals surface area contributed by atoms with Crippen molar-refractivity contribution in [2.45, 2.75) is 26.4 Å². The number of amides is 2. The number of hydrogen-bond donors (Lipinski definition) is 2. The van der Waals surface area contributed by atoms with Crippen molar-refractivity contribution in [2.75, 3.05) is 7.11 Å². The van der Waals surface area contributed by atoms with Crippen LogP contribution in [0, 0.1) is 0 Å². The Balaban J connectivity index is 2.03. The highest BCUT2D eigenvalue weighted by Crippen LogP contribution is 2.21. The standard InChI is InChI=1S/C17H20N2O3/c1-11(19-12(2)20)17(21)18-10-13-4-5-15-9-16(22-3)7-6-14(15)8-13/h4-9,11H,10H2,1-3H3,(H,18,21)(H,19,20)/t11-/m1/s1. The largest absolute Gasteiger partial charge is 0.497 e. The van der Waals surface area contributed by atoms with Gasteiger partial charge in [-0.15, -0.1) is 0 Å². The molecule has 22 heavy (non-hydrogen) atoms. The van der Waals surface area contributed by atoms with Crippen molar-refractivity contribution in [2.24, 2.45) is 0 Å². The van der Waals surface area contributed by atoms with Crippen LogP contribution in [-0.4, -0.2) is 25.0 Å². The van der Waals surface area contributed by atoms with Crippen LogP contribution in [-0.2, 0) is 16.1 Å². The Bertz CT molecular complexity index is 697. The quantitative estimate of drug-likeness (QED) is 0.887. The van der Waals surface area contributed by atoms with Gasteiger partial charge in [-0.1, -0.05) is 18.2 Å². The molecule has 1 atom stereocenters. The van der Waals surface area contributed by atoms with E-state index in [1.165, 1.54) is 6.92 Å². The van der Waals surface area contributed by atoms with Crippen molar-refractivity contribution in [1.29, 1.82) is 0 Å². The van der Waals surface area contributed by atoms with Crippen LogP contribution in [0.1, 0.15) is 19.4 Å². The van der Waals surface area contributed by atoms with Crippen molar-refractivity contribution in [3.8, 4) is 5.75 Å². The van der Waals surface area contributed by atoms with Crippen LogP contribution >= 0.6 is 0 Å². The van der Waals surface area contributed by atoms with Gasteiger partial charge >= 0.3 is 0 Å². The van der Waals surface area contributed by atoms with Gasteiger partial charge in [0.2, 0.25) is 11.8 Å². The first-order valence-corrected chi connectivity index (χ1v) is 7.11. The van der Waals surface area contributed by atoms with E-state index < -0.39 is 6.04 Å². The lowest BCUT2D eigenvalue weighted by atomic mass is 10.1. The predicted molar refractivity (Wildman–Crippen MR) is 85.6 cm³/mol. The van der Waals surface area contributed by atoms with Crippen LogP contribution in [0.2, 0.25) is 0 Å². The van der Waals surface area contributed by atoms with Gasteiger partial charge < -0.3 is 15.4 Å². The summed E-state index contributed by atoms with van der Waals surface area (Å²) in [5.74, 6) is 0.394. The molecule has 2 aromatic carbocycles. The molecule has 0 heterocycles. The van der Waals surface area contributed by atoms with Gasteiger partial charge in [0.1, 0.15) is 11.8 Å². The van der Waals surface area contributed by atoms with E-state index in [9.17, 15) is 9.59 Å². The van der Waals surface area contributed by atoms with Gasteiger partial charge in [-0.3, -0.25) is 9.59 Å². The SMILES string of the molecule is COc1ccc2cc(CNC(=O)[C@@H](C)NC(C)=O)ccc2c1. The summed E-state index contributed by atoms with van der Waals surface area (Å²) in [7, 11) is 1.64. The van der Waals surface area contributed by atoms with Crippen LogP contribution in [0.15, 0.2) is 36.4 Å². The molecular weight excluding hydrogens is 280 g/mol. The summed E-state index contributed by atoms with van der Waals surface area (Å²) in [6.45, 7) is 3.47. The fourth-order valence-corrected chi connectivity index (χ4v) is 2.22. The molecule has 2 rings (SSSR count). The van der Waals surface area contributed by atoms with Gasteiger partial charge in [0, 0.05) is 13.5 Å². The zero-order chi connectivity index (χ0) is 16.1. The monoisotopic (exact) mass is 300 g/mol. The van der Waals surface area contributed by atoms with Crippen molar-refractivity contribution < 1.29 is 14.3 Å². The molecule has 0 aliphatic heterocycles. The maximum atomic E-state index is 11.9. The van der Waals surface area contributed by atoms with Crippen molar-refractivity contribution in [3.05, 3.63) is 42.0 Å². The number of carbonyl (C=O) groups is 2. The van der Waals surface area contributed by atoms with E-state index >= 15 is 0 Å². The van der Waals surface area contributed by atoms with Crippen LogP contribution in [0.4, 0.5) is 0 Å². The second-order valence-corrected chi connectivity index (χ2v) is 5.19. The third-order valence-corrected chi connectivity index (χ3v) is 3.39. The molecule has 5 heteroatoms. The maximum Gasteiger partial charge on any atom is 0.242 e. The van der Waals surface area contributed by atoms with E-state index in [4.69, 9.17) is 4.74 Å². The highest BCUT2D eigenvalue weighted by atomic mass is 16.5. The second-order valence-electron chi connectivity index (χ2n) is 5.19. The summed E-state index contributed by atoms with van der Waals surface area (Å²) < 4.78 is 5.20. The van der Waals surface area contributed by atoms with E-state index in [0.717, 1.165) is 22.1 Å². The Morgan fingerprint density at radius 1 is 1.14 bits per heavy atom. The summed E-state index contributed by atoms with van der Waals surface area (Å²) in [6.07, 6.45) is 0. The molecule has 0 aromatic heterocycles. The minimum absolute atomic E-state index is 0.204. The van der Waals surface area contributed by atoms with E-state index in [1.807, 2.05) is 36.4 Å². The van der Waals surface area contributed by atoms with Crippen molar-refractivity contribution in [1.82, 2.24) is 10.6 Å². The third-order valence-electron chi connectivity index (χ3n) is 3.39. The van der Waals surface area contributed by atoms with Gasteiger partial charge in [-0.2, -0.15) is 0 Å². The molecule has 0 fully saturated rings. The summed E-state index contributed by atoms with van der Waals surface area (Å²) in [6, 6.07) is 11.3. The smallest absolute Gasteiger partial charge is 0.242 e. The number of nitrogens with one attached hydrogen (secondary N) is 2. The van der Waals surface area contributed by atoms with Crippen molar-refractivity contribution >= 4 is 22.6 Å². The van der Waals surface area contributed by atoms with Gasteiger partial charge in [-0.25, -0.2) is 0 Å². The first-order valence-electron chi connectivity index (χ1n) is 7.11. The number of hydrogen-bond acceptors (Lipinski definition) is 3. The fraction of sp³-hybridized carbons (Fsp3) is 0.294. The Morgan fingerprint density at radius 3 is 2.50 bits per heavy atom. The molecule has 0 aliphatic rings. The molecule has 116 valence electrons. The van der Waals surface area contributed by atoms with E-state index in [-0.39, 0.29) is 11.8 Å². The third kappa shape index (κ3) is 3.97. The summed E-state index contributed by atoms with van der Waals surface area (Å²) in [5, 5.41) is 7.54. The Morgan fingerprint density at radius 2 is 1.82 bits per heavy atom. The summed E-state index contributed by atoms with van der Waals surface area (Å²) >= 11 is 0. The lowest BCUT2D eigenvalue weighted by Gasteiger charge is -2.13. The first-order chi connectivity index (χ1) is 10.5. The maximum absolute atomic E-state index is 11.9. The highest BCUT2D eigenvalue weighted by Gasteiger charge is 2.12. The lowest BCUT2D eigenvalue weighted by Crippen LogP contribution is -2.43. The second kappa shape index (κ2) is 6.93. The van der Waals surface area contributed by atoms with E-state index in [1.54, 1.807) is 14.0 Å². The minimum atomic E-state index is -0.540. The number of methoxy groups -OCH3 is 1. The Kier molecular flexibility index (Phi) is 4.99. The number of carbonyl (C=O) groups excluding carboxylic acids is 2. The average Bonchev–Trinajstić information content (AvgIpc) is 2.51. The fourth-order valence-electron chi connectivity index (χ4n) is 2.22. The topological polar surface area (TPSA) is 67.4 Å².